The third-order valence-corrected chi connectivity index (χ3v) is 3.85. The minimum absolute atomic E-state index is 0.00390. The number of nitrogens with one attached hydrogen (secondary N) is 1. The Morgan fingerprint density at radius 3 is 2.59 bits per heavy atom. The first-order chi connectivity index (χ1) is 7.83. The zero-order valence-corrected chi connectivity index (χ0v) is 10.3. The average Bonchev–Trinajstić information content (AvgIpc) is 2.21. The monoisotopic (exact) mass is 265 g/mol. The van der Waals surface area contributed by atoms with Crippen molar-refractivity contribution in [1.82, 2.24) is 9.29 Å². The fourth-order valence-electron chi connectivity index (χ4n) is 1.03. The van der Waals surface area contributed by atoms with Crippen LogP contribution in [0.25, 0.3) is 0 Å². The summed E-state index contributed by atoms with van der Waals surface area (Å²) in [5.41, 5.74) is 0. The van der Waals surface area contributed by atoms with Crippen LogP contribution < -0.4 is 5.32 Å². The van der Waals surface area contributed by atoms with Gasteiger partial charge in [-0.05, 0) is 0 Å². The Kier molecular flexibility index (Phi) is 4.35. The Morgan fingerprint density at radius 2 is 2.06 bits per heavy atom. The molecule has 0 bridgehead atoms. The highest BCUT2D eigenvalue weighted by Crippen LogP contribution is 2.10. The lowest BCUT2D eigenvalue weighted by molar-refractivity contribution is 0.521. The highest BCUT2D eigenvalue weighted by molar-refractivity contribution is 7.89. The molecule has 0 aliphatic carbocycles. The van der Waals surface area contributed by atoms with Gasteiger partial charge in [-0.25, -0.2) is 26.5 Å². The van der Waals surface area contributed by atoms with Crippen LogP contribution in [-0.2, 0) is 10.0 Å². The van der Waals surface area contributed by atoms with Crippen molar-refractivity contribution >= 4 is 15.8 Å². The van der Waals surface area contributed by atoms with Crippen molar-refractivity contribution < 1.29 is 17.2 Å². The lowest BCUT2D eigenvalue weighted by atomic mass is 10.4. The molecule has 0 fully saturated rings. The lowest BCUT2D eigenvalue weighted by Crippen LogP contribution is -2.28. The van der Waals surface area contributed by atoms with Crippen molar-refractivity contribution in [3.05, 3.63) is 23.9 Å². The molecule has 0 saturated heterocycles. The Bertz CT molecular complexity index is 491. The second-order valence-corrected chi connectivity index (χ2v) is 5.81. The minimum atomic E-state index is -3.34. The maximum atomic E-state index is 13.1. The second-order valence-electron chi connectivity index (χ2n) is 3.51. The molecule has 96 valence electrons. The summed E-state index contributed by atoms with van der Waals surface area (Å²) in [7, 11) is -0.525. The van der Waals surface area contributed by atoms with E-state index in [1.54, 1.807) is 0 Å². The van der Waals surface area contributed by atoms with E-state index in [1.807, 2.05) is 0 Å². The molecule has 1 rings (SSSR count). The topological polar surface area (TPSA) is 62.3 Å². The largest absolute Gasteiger partial charge is 0.367 e. The molecule has 1 N–H and O–H groups in total. The van der Waals surface area contributed by atoms with Gasteiger partial charge in [0.05, 0.1) is 11.9 Å². The van der Waals surface area contributed by atoms with Gasteiger partial charge in [0.2, 0.25) is 10.0 Å². The van der Waals surface area contributed by atoms with Crippen LogP contribution in [0.15, 0.2) is 12.3 Å². The Balaban J connectivity index is 2.58. The molecule has 1 heterocycles. The number of nitrogens with zero attached hydrogens (tertiary/aromatic N) is 2. The van der Waals surface area contributed by atoms with Crippen molar-refractivity contribution in [2.75, 3.05) is 31.7 Å². The molecule has 0 saturated carbocycles. The van der Waals surface area contributed by atoms with Crippen molar-refractivity contribution in [3.63, 3.8) is 0 Å². The van der Waals surface area contributed by atoms with E-state index < -0.39 is 21.7 Å². The van der Waals surface area contributed by atoms with Gasteiger partial charge in [0.25, 0.3) is 0 Å². The number of sulfonamides is 1. The van der Waals surface area contributed by atoms with Crippen LogP contribution in [0, 0.1) is 11.6 Å². The van der Waals surface area contributed by atoms with Gasteiger partial charge in [-0.1, -0.05) is 0 Å². The molecule has 0 amide bonds. The van der Waals surface area contributed by atoms with Gasteiger partial charge in [0.15, 0.2) is 11.6 Å². The van der Waals surface area contributed by atoms with Gasteiger partial charge in [-0.15, -0.1) is 0 Å². The predicted octanol–water partition coefficient (Wildman–Crippen LogP) is 0.663. The first kappa shape index (κ1) is 13.8. The number of hydrogen-bond acceptors (Lipinski definition) is 4. The molecule has 1 aromatic rings. The third-order valence-electron chi connectivity index (χ3n) is 2.02. The van der Waals surface area contributed by atoms with E-state index in [9.17, 15) is 17.2 Å². The summed E-state index contributed by atoms with van der Waals surface area (Å²) in [6, 6.07) is 0.676. The number of hydrogen-bond donors (Lipinski definition) is 1. The highest BCUT2D eigenvalue weighted by atomic mass is 32.2. The minimum Gasteiger partial charge on any atom is -0.367 e. The molecule has 0 atom stereocenters. The SMILES string of the molecule is CN(C)S(=O)(=O)CCNc1ncc(F)cc1F. The molecule has 1 aromatic heterocycles. The van der Waals surface area contributed by atoms with E-state index in [0.717, 1.165) is 10.5 Å². The quantitative estimate of drug-likeness (QED) is 0.849. The van der Waals surface area contributed by atoms with E-state index in [-0.39, 0.29) is 18.1 Å². The summed E-state index contributed by atoms with van der Waals surface area (Å²) in [5.74, 6) is -2.00. The standard InChI is InChI=1S/C9H13F2N3O2S/c1-14(2)17(15,16)4-3-12-9-8(11)5-7(10)6-13-9/h5-6H,3-4H2,1-2H3,(H,12,13). The third kappa shape index (κ3) is 3.90. The van der Waals surface area contributed by atoms with Gasteiger partial charge in [0.1, 0.15) is 5.82 Å². The first-order valence-corrected chi connectivity index (χ1v) is 6.39. The van der Waals surface area contributed by atoms with Gasteiger partial charge in [-0.2, -0.15) is 0 Å². The van der Waals surface area contributed by atoms with Gasteiger partial charge in [0, 0.05) is 26.7 Å². The van der Waals surface area contributed by atoms with Crippen LogP contribution in [-0.4, -0.2) is 44.1 Å². The Hall–Kier alpha value is -1.28. The molecule has 8 heteroatoms. The second kappa shape index (κ2) is 5.37. The normalized spacial score (nSPS) is 11.8. The zero-order chi connectivity index (χ0) is 13.1. The number of halogens is 2. The summed E-state index contributed by atoms with van der Waals surface area (Å²) in [6.45, 7) is -0.00390. The molecular formula is C9H13F2N3O2S. The Morgan fingerprint density at radius 1 is 1.41 bits per heavy atom. The molecule has 0 aromatic carbocycles. The molecule has 5 nitrogen and oxygen atoms in total. The van der Waals surface area contributed by atoms with Crippen LogP contribution in [0.5, 0.6) is 0 Å². The van der Waals surface area contributed by atoms with Crippen LogP contribution in [0.2, 0.25) is 0 Å². The highest BCUT2D eigenvalue weighted by Gasteiger charge is 2.13. The summed E-state index contributed by atoms with van der Waals surface area (Å²) >= 11 is 0. The van der Waals surface area contributed by atoms with E-state index in [1.165, 1.54) is 14.1 Å². The fraction of sp³-hybridized carbons (Fsp3) is 0.444. The van der Waals surface area contributed by atoms with Gasteiger partial charge < -0.3 is 5.32 Å². The molecule has 0 aliphatic rings. The summed E-state index contributed by atoms with van der Waals surface area (Å²) in [5, 5.41) is 2.49. The molecule has 0 aliphatic heterocycles. The number of aromatic nitrogens is 1. The molecule has 0 unspecified atom stereocenters. The van der Waals surface area contributed by atoms with Crippen molar-refractivity contribution in [1.29, 1.82) is 0 Å². The van der Waals surface area contributed by atoms with Crippen molar-refractivity contribution in [2.24, 2.45) is 0 Å². The number of pyridine rings is 1. The molecule has 17 heavy (non-hydrogen) atoms. The van der Waals surface area contributed by atoms with E-state index in [4.69, 9.17) is 0 Å². The van der Waals surface area contributed by atoms with Crippen molar-refractivity contribution in [3.8, 4) is 0 Å². The lowest BCUT2D eigenvalue weighted by Gasteiger charge is -2.11. The predicted molar refractivity (Wildman–Crippen MR) is 60.1 cm³/mol. The van der Waals surface area contributed by atoms with Gasteiger partial charge in [-0.3, -0.25) is 0 Å². The Labute approximate surface area is 98.5 Å². The summed E-state index contributed by atoms with van der Waals surface area (Å²) in [4.78, 5) is 3.47. The zero-order valence-electron chi connectivity index (χ0n) is 9.44. The van der Waals surface area contributed by atoms with E-state index in [0.29, 0.717) is 6.07 Å². The molecule has 0 radical (unpaired) electrons. The van der Waals surface area contributed by atoms with E-state index >= 15 is 0 Å². The smallest absolute Gasteiger partial charge is 0.215 e. The fourth-order valence-corrected chi connectivity index (χ4v) is 1.75. The van der Waals surface area contributed by atoms with Crippen LogP contribution in [0.3, 0.4) is 0 Å². The molecular weight excluding hydrogens is 252 g/mol. The van der Waals surface area contributed by atoms with Crippen LogP contribution in [0.1, 0.15) is 0 Å². The summed E-state index contributed by atoms with van der Waals surface area (Å²) in [6.07, 6.45) is 0.853. The van der Waals surface area contributed by atoms with Gasteiger partial charge >= 0.3 is 0 Å². The maximum absolute atomic E-state index is 13.1. The molecule has 0 spiro atoms. The first-order valence-electron chi connectivity index (χ1n) is 4.78. The summed E-state index contributed by atoms with van der Waals surface area (Å²) < 4.78 is 49.5. The number of rotatable bonds is 5. The average molecular weight is 265 g/mol. The maximum Gasteiger partial charge on any atom is 0.215 e. The van der Waals surface area contributed by atoms with Crippen molar-refractivity contribution in [2.45, 2.75) is 0 Å². The van der Waals surface area contributed by atoms with Crippen LogP contribution >= 0.6 is 0 Å². The number of anilines is 1. The van der Waals surface area contributed by atoms with Crippen LogP contribution in [0.4, 0.5) is 14.6 Å². The van der Waals surface area contributed by atoms with E-state index in [2.05, 4.69) is 10.3 Å².